The van der Waals surface area contributed by atoms with Gasteiger partial charge in [0.1, 0.15) is 10.8 Å². The number of rotatable bonds is 4. The van der Waals surface area contributed by atoms with E-state index in [2.05, 4.69) is 27.4 Å². The van der Waals surface area contributed by atoms with E-state index in [-0.39, 0.29) is 17.9 Å². The summed E-state index contributed by atoms with van der Waals surface area (Å²) in [5, 5.41) is 6.62. The molecule has 4 rings (SSSR count). The van der Waals surface area contributed by atoms with Gasteiger partial charge in [-0.3, -0.25) is 0 Å². The van der Waals surface area contributed by atoms with Crippen molar-refractivity contribution in [3.63, 3.8) is 0 Å². The van der Waals surface area contributed by atoms with E-state index in [0.717, 1.165) is 42.7 Å². The summed E-state index contributed by atoms with van der Waals surface area (Å²) >= 11 is 1.48. The number of piperidine rings is 1. The molecule has 0 unspecified atom stereocenters. The minimum Gasteiger partial charge on any atom is -0.335 e. The highest BCUT2D eigenvalue weighted by Crippen LogP contribution is 2.35. The van der Waals surface area contributed by atoms with Gasteiger partial charge in [-0.2, -0.15) is 0 Å². The van der Waals surface area contributed by atoms with Gasteiger partial charge in [0.25, 0.3) is 0 Å². The lowest BCUT2D eigenvalue weighted by Gasteiger charge is -2.31. The third-order valence-electron chi connectivity index (χ3n) is 5.12. The number of benzene rings is 2. The fourth-order valence-corrected chi connectivity index (χ4v) is 4.52. The molecule has 1 aromatic heterocycles. The van der Waals surface area contributed by atoms with Gasteiger partial charge in [-0.05, 0) is 49.7 Å². The van der Waals surface area contributed by atoms with E-state index in [9.17, 15) is 9.18 Å². The van der Waals surface area contributed by atoms with Crippen LogP contribution in [0, 0.1) is 5.82 Å². The summed E-state index contributed by atoms with van der Waals surface area (Å²) in [6, 6.07) is 12.1. The van der Waals surface area contributed by atoms with Gasteiger partial charge in [-0.1, -0.05) is 19.1 Å². The highest BCUT2D eigenvalue weighted by Gasteiger charge is 2.20. The van der Waals surface area contributed by atoms with Crippen molar-refractivity contribution in [2.24, 2.45) is 0 Å². The molecular formula is C21H23FN4OS. The van der Waals surface area contributed by atoms with Crippen LogP contribution >= 0.6 is 11.3 Å². The summed E-state index contributed by atoms with van der Waals surface area (Å²) in [6.07, 6.45) is 1.88. The Morgan fingerprint density at radius 1 is 1.25 bits per heavy atom. The van der Waals surface area contributed by atoms with Crippen molar-refractivity contribution in [2.45, 2.75) is 25.8 Å². The third kappa shape index (κ3) is 4.15. The van der Waals surface area contributed by atoms with E-state index >= 15 is 0 Å². The molecule has 1 fully saturated rings. The average molecular weight is 399 g/mol. The molecule has 0 radical (unpaired) electrons. The summed E-state index contributed by atoms with van der Waals surface area (Å²) < 4.78 is 14.9. The molecular weight excluding hydrogens is 375 g/mol. The standard InChI is InChI=1S/C21H23FN4OS/c1-2-26-11-9-15(10-12-26)23-21(27)25-17-8-7-14(22)13-16(17)20-24-18-5-3-4-6-19(18)28-20/h3-8,13,15H,2,9-12H2,1H3,(H2,23,25,27). The molecule has 0 bridgehead atoms. The highest BCUT2D eigenvalue weighted by atomic mass is 32.1. The van der Waals surface area contributed by atoms with E-state index in [1.54, 1.807) is 6.07 Å². The van der Waals surface area contributed by atoms with Crippen LogP contribution in [0.3, 0.4) is 0 Å². The summed E-state index contributed by atoms with van der Waals surface area (Å²) in [6.45, 7) is 5.18. The fraction of sp³-hybridized carbons (Fsp3) is 0.333. The maximum absolute atomic E-state index is 13.9. The Morgan fingerprint density at radius 3 is 2.79 bits per heavy atom. The van der Waals surface area contributed by atoms with Crippen LogP contribution in [0.4, 0.5) is 14.9 Å². The van der Waals surface area contributed by atoms with Crippen molar-refractivity contribution in [1.29, 1.82) is 0 Å². The molecule has 1 saturated heterocycles. The molecule has 146 valence electrons. The number of carbonyl (C=O) groups is 1. The molecule has 28 heavy (non-hydrogen) atoms. The predicted octanol–water partition coefficient (Wildman–Crippen LogP) is 4.71. The monoisotopic (exact) mass is 398 g/mol. The molecule has 0 saturated carbocycles. The second-order valence-corrected chi connectivity index (χ2v) is 8.01. The number of aromatic nitrogens is 1. The highest BCUT2D eigenvalue weighted by molar-refractivity contribution is 7.21. The maximum Gasteiger partial charge on any atom is 0.319 e. The molecule has 2 heterocycles. The van der Waals surface area contributed by atoms with E-state index in [0.29, 0.717) is 16.3 Å². The second kappa shape index (κ2) is 8.24. The van der Waals surface area contributed by atoms with Gasteiger partial charge in [-0.15, -0.1) is 11.3 Å². The number of urea groups is 1. The number of likely N-dealkylation sites (tertiary alicyclic amines) is 1. The molecule has 0 aliphatic carbocycles. The van der Waals surface area contributed by atoms with Crippen molar-refractivity contribution in [2.75, 3.05) is 25.0 Å². The number of para-hydroxylation sites is 1. The quantitative estimate of drug-likeness (QED) is 0.669. The Morgan fingerprint density at radius 2 is 2.04 bits per heavy atom. The summed E-state index contributed by atoms with van der Waals surface area (Å²) in [5.74, 6) is -0.354. The zero-order valence-electron chi connectivity index (χ0n) is 15.7. The Balaban J connectivity index is 1.51. The van der Waals surface area contributed by atoms with Gasteiger partial charge in [0, 0.05) is 24.7 Å². The van der Waals surface area contributed by atoms with Gasteiger partial charge < -0.3 is 15.5 Å². The van der Waals surface area contributed by atoms with Crippen molar-refractivity contribution >= 4 is 33.3 Å². The number of carbonyl (C=O) groups excluding carboxylic acids is 1. The molecule has 0 spiro atoms. The van der Waals surface area contributed by atoms with Crippen LogP contribution in [0.2, 0.25) is 0 Å². The molecule has 2 aromatic carbocycles. The smallest absolute Gasteiger partial charge is 0.319 e. The van der Waals surface area contributed by atoms with Crippen LogP contribution in [0.1, 0.15) is 19.8 Å². The number of anilines is 1. The number of thiazole rings is 1. The van der Waals surface area contributed by atoms with Gasteiger partial charge >= 0.3 is 6.03 Å². The first-order valence-corrected chi connectivity index (χ1v) is 10.4. The summed E-state index contributed by atoms with van der Waals surface area (Å²) in [4.78, 5) is 19.5. The SMILES string of the molecule is CCN1CCC(NC(=O)Nc2ccc(F)cc2-c2nc3ccccc3s2)CC1. The number of hydrogen-bond donors (Lipinski definition) is 2. The Labute approximate surface area is 167 Å². The van der Waals surface area contributed by atoms with E-state index < -0.39 is 0 Å². The van der Waals surface area contributed by atoms with E-state index in [1.165, 1.54) is 23.5 Å². The van der Waals surface area contributed by atoms with Crippen LogP contribution < -0.4 is 10.6 Å². The molecule has 2 amide bonds. The number of nitrogens with zero attached hydrogens (tertiary/aromatic N) is 2. The Kier molecular flexibility index (Phi) is 5.54. The maximum atomic E-state index is 13.9. The number of fused-ring (bicyclic) bond motifs is 1. The van der Waals surface area contributed by atoms with E-state index in [1.807, 2.05) is 24.3 Å². The summed E-state index contributed by atoms with van der Waals surface area (Å²) in [7, 11) is 0. The van der Waals surface area contributed by atoms with Gasteiger partial charge in [0.15, 0.2) is 0 Å². The molecule has 3 aromatic rings. The number of nitrogens with one attached hydrogen (secondary N) is 2. The van der Waals surface area contributed by atoms with Crippen molar-refractivity contribution in [1.82, 2.24) is 15.2 Å². The van der Waals surface area contributed by atoms with Gasteiger partial charge in [0.05, 0.1) is 15.9 Å². The second-order valence-electron chi connectivity index (χ2n) is 6.98. The van der Waals surface area contributed by atoms with Crippen LogP contribution in [-0.4, -0.2) is 41.6 Å². The minimum atomic E-state index is -0.354. The molecule has 2 N–H and O–H groups in total. The number of hydrogen-bond acceptors (Lipinski definition) is 4. The lowest BCUT2D eigenvalue weighted by atomic mass is 10.1. The van der Waals surface area contributed by atoms with Gasteiger partial charge in [-0.25, -0.2) is 14.2 Å². The number of amides is 2. The molecule has 1 aliphatic heterocycles. The van der Waals surface area contributed by atoms with Crippen molar-refractivity contribution in [3.8, 4) is 10.6 Å². The number of halogens is 1. The Bertz CT molecular complexity index is 948. The Hall–Kier alpha value is -2.51. The molecule has 5 nitrogen and oxygen atoms in total. The average Bonchev–Trinajstić information content (AvgIpc) is 3.14. The van der Waals surface area contributed by atoms with Crippen molar-refractivity contribution in [3.05, 3.63) is 48.3 Å². The van der Waals surface area contributed by atoms with Crippen LogP contribution in [-0.2, 0) is 0 Å². The predicted molar refractivity (Wildman–Crippen MR) is 112 cm³/mol. The van der Waals surface area contributed by atoms with Crippen LogP contribution in [0.5, 0.6) is 0 Å². The normalized spacial score (nSPS) is 15.6. The first-order valence-electron chi connectivity index (χ1n) is 9.57. The first-order chi connectivity index (χ1) is 13.6. The zero-order chi connectivity index (χ0) is 19.5. The van der Waals surface area contributed by atoms with Crippen molar-refractivity contribution < 1.29 is 9.18 Å². The third-order valence-corrected chi connectivity index (χ3v) is 6.19. The first kappa shape index (κ1) is 18.8. The largest absolute Gasteiger partial charge is 0.335 e. The van der Waals surface area contributed by atoms with Gasteiger partial charge in [0.2, 0.25) is 0 Å². The topological polar surface area (TPSA) is 57.3 Å². The van der Waals surface area contributed by atoms with E-state index in [4.69, 9.17) is 0 Å². The lowest BCUT2D eigenvalue weighted by molar-refractivity contribution is 0.203. The zero-order valence-corrected chi connectivity index (χ0v) is 16.6. The minimum absolute atomic E-state index is 0.161. The molecule has 0 atom stereocenters. The van der Waals surface area contributed by atoms with Crippen LogP contribution in [0.15, 0.2) is 42.5 Å². The van der Waals surface area contributed by atoms with Crippen LogP contribution in [0.25, 0.3) is 20.8 Å². The lowest BCUT2D eigenvalue weighted by Crippen LogP contribution is -2.45. The summed E-state index contributed by atoms with van der Waals surface area (Å²) in [5.41, 5.74) is 2.02. The fourth-order valence-electron chi connectivity index (χ4n) is 3.53. The molecule has 7 heteroatoms. The molecule has 1 aliphatic rings.